The summed E-state index contributed by atoms with van der Waals surface area (Å²) in [4.78, 5) is 5.23. The van der Waals surface area contributed by atoms with Crippen LogP contribution in [0.4, 0.5) is 0 Å². The first-order valence-corrected chi connectivity index (χ1v) is 18.6. The van der Waals surface area contributed by atoms with Crippen molar-refractivity contribution < 1.29 is 9.09 Å². The van der Waals surface area contributed by atoms with E-state index in [1.807, 2.05) is 0 Å². The molecule has 0 aliphatic heterocycles. The van der Waals surface area contributed by atoms with Gasteiger partial charge in [0.2, 0.25) is 12.0 Å². The van der Waals surface area contributed by atoms with Crippen LogP contribution < -0.4 is 4.68 Å². The van der Waals surface area contributed by atoms with Crippen LogP contribution in [0.3, 0.4) is 0 Å². The van der Waals surface area contributed by atoms with Gasteiger partial charge in [-0.05, 0) is 71.4 Å². The largest absolute Gasteiger partial charge is 0.411 e. The molecule has 7 heteroatoms. The van der Waals surface area contributed by atoms with Crippen molar-refractivity contribution in [2.24, 2.45) is 0 Å². The van der Waals surface area contributed by atoms with Crippen LogP contribution in [0, 0.1) is 0 Å². The number of pyridine rings is 1. The van der Waals surface area contributed by atoms with Gasteiger partial charge in [0.1, 0.15) is 27.7 Å². The predicted molar refractivity (Wildman–Crippen MR) is 222 cm³/mol. The number of fused-ring (bicyclic) bond motifs is 14. The zero-order chi connectivity index (χ0) is 35.8. The van der Waals surface area contributed by atoms with E-state index in [1.54, 1.807) is 0 Å². The number of nitrogens with zero attached hydrogens (tertiary/aromatic N) is 6. The van der Waals surface area contributed by atoms with Gasteiger partial charge >= 0.3 is 5.71 Å². The van der Waals surface area contributed by atoms with E-state index in [4.69, 9.17) is 9.40 Å². The van der Waals surface area contributed by atoms with Gasteiger partial charge in [-0.1, -0.05) is 103 Å². The number of benzene rings is 7. The second-order valence-electron chi connectivity index (χ2n) is 14.3. The molecule has 0 aliphatic carbocycles. The number of imidazole rings is 2. The van der Waals surface area contributed by atoms with Crippen molar-refractivity contribution in [3.63, 3.8) is 0 Å². The second kappa shape index (κ2) is 10.5. The Balaban J connectivity index is 1.23. The minimum Gasteiger partial charge on any atom is -0.402 e. The van der Waals surface area contributed by atoms with Gasteiger partial charge in [0.05, 0.1) is 44.2 Å². The van der Waals surface area contributed by atoms with E-state index in [1.165, 1.54) is 21.5 Å². The van der Waals surface area contributed by atoms with Gasteiger partial charge in [-0.2, -0.15) is 0 Å². The van der Waals surface area contributed by atoms with Crippen LogP contribution in [0.1, 0.15) is 0 Å². The summed E-state index contributed by atoms with van der Waals surface area (Å²) in [7, 11) is 0. The third kappa shape index (κ3) is 3.73. The highest BCUT2D eigenvalue weighted by Gasteiger charge is 2.29. The molecule has 0 bridgehead atoms. The van der Waals surface area contributed by atoms with Crippen molar-refractivity contribution in [1.29, 1.82) is 0 Å². The summed E-state index contributed by atoms with van der Waals surface area (Å²) in [5.74, 6) is 0.859. The van der Waals surface area contributed by atoms with Crippen LogP contribution in [-0.4, -0.2) is 23.2 Å². The predicted octanol–water partition coefficient (Wildman–Crippen LogP) is 11.1. The fourth-order valence-corrected chi connectivity index (χ4v) is 9.19. The maximum absolute atomic E-state index is 7.07. The normalized spacial score (nSPS) is 12.4. The van der Waals surface area contributed by atoms with Crippen molar-refractivity contribution in [3.05, 3.63) is 176 Å². The highest BCUT2D eigenvalue weighted by Crippen LogP contribution is 2.39. The van der Waals surface area contributed by atoms with Crippen molar-refractivity contribution in [2.45, 2.75) is 0 Å². The molecule has 0 unspecified atom stereocenters. The molecule has 0 fully saturated rings. The van der Waals surface area contributed by atoms with E-state index in [9.17, 15) is 0 Å². The summed E-state index contributed by atoms with van der Waals surface area (Å²) >= 11 is 0. The average molecular weight is 706 g/mol. The lowest BCUT2D eigenvalue weighted by atomic mass is 10.1. The van der Waals surface area contributed by atoms with Crippen LogP contribution in [0.15, 0.2) is 180 Å². The Kier molecular flexibility index (Phi) is 5.51. The topological polar surface area (TPSA) is 49.1 Å². The van der Waals surface area contributed by atoms with E-state index in [0.717, 1.165) is 83.4 Å². The summed E-state index contributed by atoms with van der Waals surface area (Å²) < 4.78 is 18.5. The molecule has 0 saturated carbocycles. The molecule has 0 aliphatic rings. The summed E-state index contributed by atoms with van der Waals surface area (Å²) in [6.45, 7) is 0. The molecule has 0 radical (unpaired) electrons. The molecule has 7 nitrogen and oxygen atoms in total. The zero-order valence-electron chi connectivity index (χ0n) is 29.3. The molecule has 0 spiro atoms. The maximum Gasteiger partial charge on any atom is 0.411 e. The summed E-state index contributed by atoms with van der Waals surface area (Å²) in [6, 6.07) is 60.2. The molecule has 13 aromatic rings. The molecule has 256 valence electrons. The van der Waals surface area contributed by atoms with Gasteiger partial charge < -0.3 is 8.98 Å². The Morgan fingerprint density at radius 2 is 1.00 bits per heavy atom. The Hall–Kier alpha value is -7.64. The zero-order valence-corrected chi connectivity index (χ0v) is 29.3. The van der Waals surface area contributed by atoms with Crippen molar-refractivity contribution >= 4 is 93.5 Å². The standard InChI is InChI=1S/C48H29N6O/c1-6-19-37-31(14-1)32-15-2-7-20-38(32)51(37)30-28-35-46-44(53-43-25-12-11-24-42(43)52-41-23-10-5-18-36(41)49-48(52)53)26-13-27-45(46)55-47(35)50(29-30)54-39-21-8-3-16-33(39)34-17-4-9-22-40(34)54/h1-29H/q+1. The lowest BCUT2D eigenvalue weighted by Crippen LogP contribution is -2.42. The Labute approximate surface area is 312 Å². The molecule has 0 N–H and O–H groups in total. The molecular weight excluding hydrogens is 677 g/mol. The molecule has 7 aromatic carbocycles. The smallest absolute Gasteiger partial charge is 0.402 e. The van der Waals surface area contributed by atoms with Gasteiger partial charge in [-0.15, -0.1) is 4.68 Å². The van der Waals surface area contributed by atoms with Gasteiger partial charge in [-0.3, -0.25) is 8.97 Å². The van der Waals surface area contributed by atoms with Crippen LogP contribution in [0.5, 0.6) is 0 Å². The van der Waals surface area contributed by atoms with Crippen molar-refractivity contribution in [1.82, 2.24) is 23.2 Å². The lowest BCUT2D eigenvalue weighted by molar-refractivity contribution is -0.701. The highest BCUT2D eigenvalue weighted by atomic mass is 16.3. The molecule has 55 heavy (non-hydrogen) atoms. The van der Waals surface area contributed by atoms with E-state index in [0.29, 0.717) is 0 Å². The van der Waals surface area contributed by atoms with Gasteiger partial charge in [0.15, 0.2) is 0 Å². The number of furan rings is 1. The Morgan fingerprint density at radius 1 is 0.455 bits per heavy atom. The molecule has 6 aromatic heterocycles. The number of hydrogen-bond donors (Lipinski definition) is 0. The summed E-state index contributed by atoms with van der Waals surface area (Å²) in [6.07, 6.45) is 2.23. The number of rotatable bonds is 3. The number of hydrogen-bond acceptors (Lipinski definition) is 2. The number of aromatic nitrogens is 6. The Bertz CT molecular complexity index is 3630. The first-order valence-electron chi connectivity index (χ1n) is 18.6. The first-order chi connectivity index (χ1) is 27.3. The minimum absolute atomic E-state index is 0.749. The van der Waals surface area contributed by atoms with E-state index in [-0.39, 0.29) is 0 Å². The van der Waals surface area contributed by atoms with Gasteiger partial charge in [0.25, 0.3) is 0 Å². The van der Waals surface area contributed by atoms with Crippen LogP contribution in [-0.2, 0) is 0 Å². The monoisotopic (exact) mass is 705 g/mol. The fourth-order valence-electron chi connectivity index (χ4n) is 9.19. The quantitative estimate of drug-likeness (QED) is 0.172. The summed E-state index contributed by atoms with van der Waals surface area (Å²) in [5.41, 5.74) is 12.3. The minimum atomic E-state index is 0.749. The van der Waals surface area contributed by atoms with Gasteiger partial charge in [0, 0.05) is 21.5 Å². The lowest BCUT2D eigenvalue weighted by Gasteiger charge is -2.09. The number of para-hydroxylation sites is 8. The molecule has 0 atom stereocenters. The average Bonchev–Trinajstić information content (AvgIpc) is 4.04. The molecule has 13 rings (SSSR count). The van der Waals surface area contributed by atoms with Crippen LogP contribution >= 0.6 is 0 Å². The Morgan fingerprint density at radius 3 is 1.67 bits per heavy atom. The third-order valence-electron chi connectivity index (χ3n) is 11.4. The van der Waals surface area contributed by atoms with E-state index >= 15 is 0 Å². The van der Waals surface area contributed by atoms with E-state index in [2.05, 4.69) is 199 Å². The van der Waals surface area contributed by atoms with E-state index < -0.39 is 0 Å². The molecule has 0 saturated heterocycles. The van der Waals surface area contributed by atoms with Crippen molar-refractivity contribution in [3.8, 4) is 11.4 Å². The fraction of sp³-hybridized carbons (Fsp3) is 0. The van der Waals surface area contributed by atoms with Gasteiger partial charge in [-0.25, -0.2) is 4.98 Å². The second-order valence-corrected chi connectivity index (χ2v) is 14.3. The summed E-state index contributed by atoms with van der Waals surface area (Å²) in [5, 5.41) is 6.82. The van der Waals surface area contributed by atoms with Crippen LogP contribution in [0.25, 0.3) is 105 Å². The molecule has 0 amide bonds. The molecular formula is C48H29N6O+. The van der Waals surface area contributed by atoms with Crippen molar-refractivity contribution in [2.75, 3.05) is 0 Å². The molecule has 6 heterocycles. The SMILES string of the molecule is c1ccc2c(c1)nc1n(-c3cccc4oc5c(cc(-n6c7ccccc7c7ccccc76)c[n+]5-n5c6ccccc6c6ccccc65)c34)c3ccccc3n21. The maximum atomic E-state index is 7.07. The first kappa shape index (κ1) is 28.9. The highest BCUT2D eigenvalue weighted by molar-refractivity contribution is 6.12. The third-order valence-corrected chi connectivity index (χ3v) is 11.4. The van der Waals surface area contributed by atoms with Crippen LogP contribution in [0.2, 0.25) is 0 Å².